The highest BCUT2D eigenvalue weighted by atomic mass is 14.8. The normalized spacial score (nSPS) is 11.1. The summed E-state index contributed by atoms with van der Waals surface area (Å²) in [5.74, 6) is 0.859. The molecule has 0 saturated carbocycles. The van der Waals surface area contributed by atoms with Gasteiger partial charge in [0.25, 0.3) is 0 Å². The zero-order valence-corrected chi connectivity index (χ0v) is 9.31. The third kappa shape index (κ3) is 11.9. The van der Waals surface area contributed by atoms with Gasteiger partial charge in [-0.3, -0.25) is 0 Å². The van der Waals surface area contributed by atoms with Crippen LogP contribution >= 0.6 is 0 Å². The highest BCUT2D eigenvalue weighted by Crippen LogP contribution is 2.04. The molecular formula is C11H26N2. The van der Waals surface area contributed by atoms with Gasteiger partial charge >= 0.3 is 0 Å². The number of nitrogens with one attached hydrogen (secondary N) is 1. The number of rotatable bonds is 9. The molecule has 0 radical (unpaired) electrons. The van der Waals surface area contributed by atoms with Crippen molar-refractivity contribution in [3.05, 3.63) is 0 Å². The van der Waals surface area contributed by atoms with Crippen LogP contribution in [0.2, 0.25) is 0 Å². The van der Waals surface area contributed by atoms with E-state index in [1.54, 1.807) is 0 Å². The first-order valence-electron chi connectivity index (χ1n) is 5.68. The molecule has 0 aromatic carbocycles. The minimum Gasteiger partial charge on any atom is -0.330 e. The molecule has 0 aromatic heterocycles. The summed E-state index contributed by atoms with van der Waals surface area (Å²) in [4.78, 5) is 0. The van der Waals surface area contributed by atoms with Crippen LogP contribution < -0.4 is 11.1 Å². The number of hydrogen-bond acceptors (Lipinski definition) is 2. The Hall–Kier alpha value is -0.0800. The summed E-state index contributed by atoms with van der Waals surface area (Å²) < 4.78 is 0. The van der Waals surface area contributed by atoms with E-state index in [4.69, 9.17) is 5.73 Å². The van der Waals surface area contributed by atoms with Gasteiger partial charge in [-0.2, -0.15) is 0 Å². The van der Waals surface area contributed by atoms with Crippen molar-refractivity contribution in [2.45, 2.75) is 46.0 Å². The molecule has 3 N–H and O–H groups in total. The Labute approximate surface area is 83.3 Å². The highest BCUT2D eigenvalue weighted by molar-refractivity contribution is 4.51. The monoisotopic (exact) mass is 186 g/mol. The first kappa shape index (κ1) is 12.9. The second-order valence-electron chi connectivity index (χ2n) is 4.14. The summed E-state index contributed by atoms with van der Waals surface area (Å²) in [7, 11) is 0. The molecule has 0 aliphatic heterocycles. The number of unbranched alkanes of at least 4 members (excludes halogenated alkanes) is 2. The Morgan fingerprint density at radius 3 is 2.15 bits per heavy atom. The molecule has 0 saturated heterocycles. The van der Waals surface area contributed by atoms with Gasteiger partial charge in [-0.25, -0.2) is 0 Å². The minimum absolute atomic E-state index is 0.828. The minimum atomic E-state index is 0.828. The lowest BCUT2D eigenvalue weighted by Crippen LogP contribution is -2.17. The lowest BCUT2D eigenvalue weighted by atomic mass is 10.1. The van der Waals surface area contributed by atoms with Gasteiger partial charge in [-0.15, -0.1) is 0 Å². The first-order valence-corrected chi connectivity index (χ1v) is 5.68. The summed E-state index contributed by atoms with van der Waals surface area (Å²) in [6, 6.07) is 0. The van der Waals surface area contributed by atoms with Crippen LogP contribution in [0.15, 0.2) is 0 Å². The van der Waals surface area contributed by atoms with Gasteiger partial charge in [0.05, 0.1) is 0 Å². The van der Waals surface area contributed by atoms with Crippen LogP contribution in [-0.2, 0) is 0 Å². The molecule has 0 atom stereocenters. The summed E-state index contributed by atoms with van der Waals surface area (Å²) in [5.41, 5.74) is 5.40. The van der Waals surface area contributed by atoms with Crippen molar-refractivity contribution >= 4 is 0 Å². The van der Waals surface area contributed by atoms with Crippen molar-refractivity contribution in [3.63, 3.8) is 0 Å². The van der Waals surface area contributed by atoms with Crippen molar-refractivity contribution < 1.29 is 0 Å². The second kappa shape index (κ2) is 10.0. The van der Waals surface area contributed by atoms with Gasteiger partial charge in [0.1, 0.15) is 0 Å². The molecule has 0 bridgehead atoms. The average Bonchev–Trinajstić information content (AvgIpc) is 2.09. The van der Waals surface area contributed by atoms with Crippen LogP contribution in [0.25, 0.3) is 0 Å². The van der Waals surface area contributed by atoms with Gasteiger partial charge < -0.3 is 11.1 Å². The van der Waals surface area contributed by atoms with E-state index >= 15 is 0 Å². The quantitative estimate of drug-likeness (QED) is 0.541. The maximum atomic E-state index is 5.40. The van der Waals surface area contributed by atoms with Gasteiger partial charge in [0, 0.05) is 0 Å². The van der Waals surface area contributed by atoms with Gasteiger partial charge in [-0.05, 0) is 44.8 Å². The molecule has 0 aliphatic carbocycles. The molecule has 0 heterocycles. The second-order valence-corrected chi connectivity index (χ2v) is 4.14. The maximum Gasteiger partial charge on any atom is -0.00484 e. The van der Waals surface area contributed by atoms with Crippen molar-refractivity contribution in [1.82, 2.24) is 5.32 Å². The molecule has 80 valence electrons. The Bertz CT molecular complexity index is 92.1. The van der Waals surface area contributed by atoms with Crippen molar-refractivity contribution in [1.29, 1.82) is 0 Å². The van der Waals surface area contributed by atoms with Gasteiger partial charge in [-0.1, -0.05) is 26.7 Å². The molecule has 13 heavy (non-hydrogen) atoms. The van der Waals surface area contributed by atoms with Gasteiger partial charge in [0.2, 0.25) is 0 Å². The van der Waals surface area contributed by atoms with E-state index in [0.29, 0.717) is 0 Å². The van der Waals surface area contributed by atoms with Crippen molar-refractivity contribution in [2.75, 3.05) is 19.6 Å². The SMILES string of the molecule is CC(C)CCCCNCCCCN. The van der Waals surface area contributed by atoms with Crippen molar-refractivity contribution in [3.8, 4) is 0 Å². The summed E-state index contributed by atoms with van der Waals surface area (Å²) in [5, 5.41) is 3.44. The van der Waals surface area contributed by atoms with Gasteiger partial charge in [0.15, 0.2) is 0 Å². The summed E-state index contributed by atoms with van der Waals surface area (Å²) in [6.45, 7) is 7.72. The molecule has 0 rings (SSSR count). The van der Waals surface area contributed by atoms with Crippen LogP contribution in [-0.4, -0.2) is 19.6 Å². The third-order valence-corrected chi connectivity index (χ3v) is 2.19. The molecule has 2 nitrogen and oxygen atoms in total. The maximum absolute atomic E-state index is 5.40. The Morgan fingerprint density at radius 1 is 1.00 bits per heavy atom. The van der Waals surface area contributed by atoms with Crippen LogP contribution in [0, 0.1) is 5.92 Å². The van der Waals surface area contributed by atoms with E-state index in [0.717, 1.165) is 25.4 Å². The van der Waals surface area contributed by atoms with E-state index in [-0.39, 0.29) is 0 Å². The fourth-order valence-electron chi connectivity index (χ4n) is 1.32. The number of hydrogen-bond donors (Lipinski definition) is 2. The molecule has 0 aliphatic rings. The lowest BCUT2D eigenvalue weighted by molar-refractivity contribution is 0.516. The van der Waals surface area contributed by atoms with E-state index < -0.39 is 0 Å². The summed E-state index contributed by atoms with van der Waals surface area (Å²) >= 11 is 0. The largest absolute Gasteiger partial charge is 0.330 e. The molecule has 0 fully saturated rings. The Balaban J connectivity index is 2.84. The molecule has 2 heteroatoms. The van der Waals surface area contributed by atoms with E-state index in [2.05, 4.69) is 19.2 Å². The smallest absolute Gasteiger partial charge is 0.00484 e. The Kier molecular flexibility index (Phi) is 9.94. The highest BCUT2D eigenvalue weighted by Gasteiger charge is 1.93. The fourth-order valence-corrected chi connectivity index (χ4v) is 1.32. The van der Waals surface area contributed by atoms with Crippen LogP contribution in [0.5, 0.6) is 0 Å². The molecule has 0 aromatic rings. The molecule has 0 spiro atoms. The van der Waals surface area contributed by atoms with Crippen LogP contribution in [0.3, 0.4) is 0 Å². The van der Waals surface area contributed by atoms with E-state index in [1.165, 1.54) is 32.2 Å². The van der Waals surface area contributed by atoms with Crippen molar-refractivity contribution in [2.24, 2.45) is 11.7 Å². The topological polar surface area (TPSA) is 38.0 Å². The molecule has 0 unspecified atom stereocenters. The zero-order chi connectivity index (χ0) is 9.94. The van der Waals surface area contributed by atoms with Crippen LogP contribution in [0.4, 0.5) is 0 Å². The zero-order valence-electron chi connectivity index (χ0n) is 9.31. The predicted molar refractivity (Wildman–Crippen MR) is 59.8 cm³/mol. The first-order chi connectivity index (χ1) is 6.27. The molecule has 0 amide bonds. The predicted octanol–water partition coefficient (Wildman–Crippen LogP) is 2.14. The molecular weight excluding hydrogens is 160 g/mol. The number of nitrogens with two attached hydrogens (primary N) is 1. The standard InChI is InChI=1S/C11H26N2/c1-11(2)7-3-5-9-13-10-6-4-8-12/h11,13H,3-10,12H2,1-2H3. The summed E-state index contributed by atoms with van der Waals surface area (Å²) in [6.07, 6.45) is 6.42. The van der Waals surface area contributed by atoms with E-state index in [1.807, 2.05) is 0 Å². The lowest BCUT2D eigenvalue weighted by Gasteiger charge is -2.05. The van der Waals surface area contributed by atoms with Crippen LogP contribution in [0.1, 0.15) is 46.0 Å². The third-order valence-electron chi connectivity index (χ3n) is 2.19. The average molecular weight is 186 g/mol. The fraction of sp³-hybridized carbons (Fsp3) is 1.00. The van der Waals surface area contributed by atoms with E-state index in [9.17, 15) is 0 Å². The Morgan fingerprint density at radius 2 is 1.62 bits per heavy atom.